The fourth-order valence-corrected chi connectivity index (χ4v) is 4.68. The summed E-state index contributed by atoms with van der Waals surface area (Å²) in [4.78, 5) is 28.2. The first kappa shape index (κ1) is 22.5. The van der Waals surface area contributed by atoms with E-state index in [4.69, 9.17) is 5.11 Å². The number of benzene rings is 2. The van der Waals surface area contributed by atoms with Crippen molar-refractivity contribution in [2.75, 3.05) is 31.4 Å². The molecule has 0 aliphatic carbocycles. The molecule has 2 aromatic rings. The molecule has 1 amide bonds. The van der Waals surface area contributed by atoms with Gasteiger partial charge in [0, 0.05) is 41.1 Å². The van der Waals surface area contributed by atoms with Gasteiger partial charge in [0.25, 0.3) is 0 Å². The summed E-state index contributed by atoms with van der Waals surface area (Å²) in [7, 11) is 3.60. The van der Waals surface area contributed by atoms with Crippen LogP contribution in [0.3, 0.4) is 0 Å². The Hall–Kier alpha value is -2.16. The maximum Gasteiger partial charge on any atom is 0.377 e. The number of rotatable bonds is 9. The molecule has 0 unspecified atom stereocenters. The van der Waals surface area contributed by atoms with E-state index in [0.29, 0.717) is 10.8 Å². The first-order valence-corrected chi connectivity index (χ1v) is 12.1. The Kier molecular flexibility index (Phi) is 8.48. The van der Waals surface area contributed by atoms with E-state index in [1.165, 1.54) is 12.8 Å². The molecule has 30 heavy (non-hydrogen) atoms. The highest BCUT2D eigenvalue weighted by atomic mass is 33.1. The SMILES string of the molecule is CN(C(=O)Cc1ccccc1NSSC(=O)O)[C@H](CN1CCCC1)c1ccccc1. The van der Waals surface area contributed by atoms with Gasteiger partial charge >= 0.3 is 5.30 Å². The number of nitrogens with one attached hydrogen (secondary N) is 1. The van der Waals surface area contributed by atoms with Crippen molar-refractivity contribution in [2.24, 2.45) is 0 Å². The lowest BCUT2D eigenvalue weighted by Crippen LogP contribution is -2.39. The number of nitrogens with zero attached hydrogens (tertiary/aromatic N) is 2. The summed E-state index contributed by atoms with van der Waals surface area (Å²) in [6.07, 6.45) is 2.68. The molecule has 0 saturated carbocycles. The molecule has 8 heteroatoms. The molecule has 1 aliphatic heterocycles. The molecule has 0 radical (unpaired) electrons. The van der Waals surface area contributed by atoms with Gasteiger partial charge in [-0.05, 0) is 43.1 Å². The van der Waals surface area contributed by atoms with Crippen LogP contribution in [0.25, 0.3) is 0 Å². The number of hydrogen-bond acceptors (Lipinski definition) is 6. The molecule has 1 aliphatic rings. The zero-order chi connectivity index (χ0) is 21.3. The molecule has 1 atom stereocenters. The van der Waals surface area contributed by atoms with E-state index in [1.807, 2.05) is 54.4 Å². The number of carboxylic acid groups (broad SMARTS) is 1. The zero-order valence-electron chi connectivity index (χ0n) is 17.0. The molecule has 0 aromatic heterocycles. The third-order valence-electron chi connectivity index (χ3n) is 5.30. The molecular weight excluding hydrogens is 418 g/mol. The van der Waals surface area contributed by atoms with Crippen LogP contribution < -0.4 is 4.72 Å². The van der Waals surface area contributed by atoms with Gasteiger partial charge in [0.1, 0.15) is 0 Å². The van der Waals surface area contributed by atoms with E-state index in [2.05, 4.69) is 21.8 Å². The average Bonchev–Trinajstić information content (AvgIpc) is 3.26. The topological polar surface area (TPSA) is 72.9 Å². The Balaban J connectivity index is 1.71. The average molecular weight is 446 g/mol. The lowest BCUT2D eigenvalue weighted by molar-refractivity contribution is -0.131. The fraction of sp³-hybridized carbons (Fsp3) is 0.364. The minimum Gasteiger partial charge on any atom is -0.472 e. The molecule has 3 rings (SSSR count). The van der Waals surface area contributed by atoms with Crippen LogP contribution in [-0.2, 0) is 11.2 Å². The predicted octanol–water partition coefficient (Wildman–Crippen LogP) is 4.91. The number of hydrogen-bond donors (Lipinski definition) is 2. The summed E-state index contributed by atoms with van der Waals surface area (Å²) in [5.41, 5.74) is 2.75. The first-order chi connectivity index (χ1) is 14.5. The third kappa shape index (κ3) is 6.42. The van der Waals surface area contributed by atoms with Crippen molar-refractivity contribution in [3.63, 3.8) is 0 Å². The van der Waals surface area contributed by atoms with Gasteiger partial charge in [0.05, 0.1) is 12.5 Å². The number of amides is 1. The molecule has 160 valence electrons. The van der Waals surface area contributed by atoms with Crippen LogP contribution in [0.5, 0.6) is 0 Å². The predicted molar refractivity (Wildman–Crippen MR) is 125 cm³/mol. The lowest BCUT2D eigenvalue weighted by atomic mass is 10.0. The van der Waals surface area contributed by atoms with Crippen molar-refractivity contribution in [2.45, 2.75) is 25.3 Å². The quantitative estimate of drug-likeness (QED) is 0.420. The van der Waals surface area contributed by atoms with Gasteiger partial charge in [0.2, 0.25) is 5.91 Å². The Morgan fingerprint density at radius 2 is 1.77 bits per heavy atom. The number of carbonyl (C=O) groups excluding carboxylic acids is 1. The van der Waals surface area contributed by atoms with Crippen LogP contribution in [-0.4, -0.2) is 52.8 Å². The zero-order valence-corrected chi connectivity index (χ0v) is 18.6. The fourth-order valence-electron chi connectivity index (χ4n) is 3.67. The third-order valence-corrected chi connectivity index (χ3v) is 6.76. The van der Waals surface area contributed by atoms with Crippen molar-refractivity contribution in [3.05, 3.63) is 65.7 Å². The van der Waals surface area contributed by atoms with Gasteiger partial charge < -0.3 is 19.6 Å². The van der Waals surface area contributed by atoms with Crippen LogP contribution in [0.15, 0.2) is 54.6 Å². The van der Waals surface area contributed by atoms with Crippen LogP contribution in [0, 0.1) is 0 Å². The summed E-state index contributed by atoms with van der Waals surface area (Å²) in [5, 5.41) is 7.84. The minimum absolute atomic E-state index is 0.00568. The molecule has 2 N–H and O–H groups in total. The Bertz CT molecular complexity index is 845. The molecule has 2 aromatic carbocycles. The lowest BCUT2D eigenvalue weighted by Gasteiger charge is -2.32. The number of anilines is 1. The first-order valence-electron chi connectivity index (χ1n) is 9.98. The maximum absolute atomic E-state index is 13.2. The summed E-state index contributed by atoms with van der Waals surface area (Å²) in [6, 6.07) is 17.7. The minimum atomic E-state index is -0.964. The molecule has 6 nitrogen and oxygen atoms in total. The maximum atomic E-state index is 13.2. The van der Waals surface area contributed by atoms with Gasteiger partial charge in [-0.3, -0.25) is 4.79 Å². The molecule has 0 spiro atoms. The highest BCUT2D eigenvalue weighted by Gasteiger charge is 2.26. The Morgan fingerprint density at radius 3 is 2.47 bits per heavy atom. The molecule has 1 heterocycles. The van der Waals surface area contributed by atoms with Crippen LogP contribution >= 0.6 is 21.8 Å². The molecule has 1 saturated heterocycles. The van der Waals surface area contributed by atoms with E-state index in [-0.39, 0.29) is 18.4 Å². The van der Waals surface area contributed by atoms with Crippen molar-refractivity contribution in [3.8, 4) is 0 Å². The van der Waals surface area contributed by atoms with Crippen molar-refractivity contribution in [1.29, 1.82) is 0 Å². The molecule has 0 bridgehead atoms. The summed E-state index contributed by atoms with van der Waals surface area (Å²) >= 11 is 0. The summed E-state index contributed by atoms with van der Waals surface area (Å²) in [5.74, 6) is 0.0354. The van der Waals surface area contributed by atoms with Gasteiger partial charge in [-0.1, -0.05) is 48.5 Å². The van der Waals surface area contributed by atoms with E-state index in [1.54, 1.807) is 0 Å². The number of carbonyl (C=O) groups is 2. The van der Waals surface area contributed by atoms with E-state index in [9.17, 15) is 9.59 Å². The second kappa shape index (κ2) is 11.3. The van der Waals surface area contributed by atoms with E-state index < -0.39 is 5.30 Å². The van der Waals surface area contributed by atoms with Crippen LogP contribution in [0.2, 0.25) is 0 Å². The number of likely N-dealkylation sites (N-methyl/N-ethyl adjacent to an activating group) is 1. The number of para-hydroxylation sites is 1. The van der Waals surface area contributed by atoms with Crippen LogP contribution in [0.4, 0.5) is 10.5 Å². The summed E-state index contributed by atoms with van der Waals surface area (Å²) < 4.78 is 3.03. The second-order valence-electron chi connectivity index (χ2n) is 7.31. The molecule has 1 fully saturated rings. The van der Waals surface area contributed by atoms with Gasteiger partial charge in [0.15, 0.2) is 0 Å². The monoisotopic (exact) mass is 445 g/mol. The van der Waals surface area contributed by atoms with E-state index in [0.717, 1.165) is 47.4 Å². The smallest absolute Gasteiger partial charge is 0.377 e. The summed E-state index contributed by atoms with van der Waals surface area (Å²) in [6.45, 7) is 2.99. The van der Waals surface area contributed by atoms with Gasteiger partial charge in [-0.25, -0.2) is 4.79 Å². The van der Waals surface area contributed by atoms with Crippen molar-refractivity contribution >= 4 is 38.7 Å². The Labute approximate surface area is 185 Å². The normalized spacial score (nSPS) is 15.0. The van der Waals surface area contributed by atoms with Crippen LogP contribution in [0.1, 0.15) is 30.0 Å². The van der Waals surface area contributed by atoms with Crippen molar-refractivity contribution in [1.82, 2.24) is 9.80 Å². The highest BCUT2D eigenvalue weighted by molar-refractivity contribution is 8.82. The van der Waals surface area contributed by atoms with Crippen molar-refractivity contribution < 1.29 is 14.7 Å². The number of likely N-dealkylation sites (tertiary alicyclic amines) is 1. The van der Waals surface area contributed by atoms with E-state index >= 15 is 0 Å². The standard InChI is InChI=1S/C22H27N3O3S2/c1-24(20(16-25-13-7-8-14-25)17-9-3-2-4-10-17)21(26)15-18-11-5-6-12-19(18)23-30-29-22(27)28/h2-6,9-12,20,23H,7-8,13-16H2,1H3,(H,27,28)/t20-/m1/s1. The van der Waals surface area contributed by atoms with Gasteiger partial charge in [-0.2, -0.15) is 0 Å². The Morgan fingerprint density at radius 1 is 1.10 bits per heavy atom. The largest absolute Gasteiger partial charge is 0.472 e. The second-order valence-corrected chi connectivity index (χ2v) is 9.19. The van der Waals surface area contributed by atoms with Gasteiger partial charge in [-0.15, -0.1) is 0 Å². The highest BCUT2D eigenvalue weighted by Crippen LogP contribution is 2.28. The molecular formula is C22H27N3O3S2.